The van der Waals surface area contributed by atoms with Crippen molar-refractivity contribution < 1.29 is 4.74 Å². The molecule has 0 rings (SSSR count). The van der Waals surface area contributed by atoms with E-state index in [-0.39, 0.29) is 5.60 Å². The SMILES string of the molecule is C=CCCCC=CC(C)(C)OCCCCCCCCC. The topological polar surface area (TPSA) is 9.23 Å². The van der Waals surface area contributed by atoms with Gasteiger partial charge < -0.3 is 4.74 Å². The van der Waals surface area contributed by atoms with Gasteiger partial charge in [0.2, 0.25) is 0 Å². The molecule has 0 aliphatic rings. The van der Waals surface area contributed by atoms with E-state index < -0.39 is 0 Å². The first-order valence-electron chi connectivity index (χ1n) is 8.55. The Hall–Kier alpha value is -0.560. The smallest absolute Gasteiger partial charge is 0.0806 e. The standard InChI is InChI=1S/C19H36O/c1-5-7-9-11-12-14-16-18-20-19(3,4)17-15-13-10-8-6-2/h6,15,17H,2,5,7-14,16,18H2,1,3-4H3. The third kappa shape index (κ3) is 13.9. The van der Waals surface area contributed by atoms with Crippen molar-refractivity contribution in [3.8, 4) is 0 Å². The van der Waals surface area contributed by atoms with Crippen LogP contribution in [0.5, 0.6) is 0 Å². The number of hydrogen-bond acceptors (Lipinski definition) is 1. The van der Waals surface area contributed by atoms with Gasteiger partial charge in [0.15, 0.2) is 0 Å². The van der Waals surface area contributed by atoms with Gasteiger partial charge in [0, 0.05) is 6.61 Å². The quantitative estimate of drug-likeness (QED) is 0.262. The second-order valence-electron chi connectivity index (χ2n) is 6.20. The average Bonchev–Trinajstić information content (AvgIpc) is 2.41. The van der Waals surface area contributed by atoms with E-state index >= 15 is 0 Å². The van der Waals surface area contributed by atoms with Crippen molar-refractivity contribution in [2.45, 2.75) is 90.6 Å². The van der Waals surface area contributed by atoms with Crippen LogP contribution < -0.4 is 0 Å². The maximum absolute atomic E-state index is 5.96. The minimum Gasteiger partial charge on any atom is -0.372 e. The summed E-state index contributed by atoms with van der Waals surface area (Å²) in [5.74, 6) is 0. The molecule has 0 spiro atoms. The summed E-state index contributed by atoms with van der Waals surface area (Å²) >= 11 is 0. The Labute approximate surface area is 127 Å². The summed E-state index contributed by atoms with van der Waals surface area (Å²) in [4.78, 5) is 0. The van der Waals surface area contributed by atoms with Crippen molar-refractivity contribution in [2.75, 3.05) is 6.61 Å². The molecule has 1 heteroatoms. The van der Waals surface area contributed by atoms with Crippen LogP contribution in [0.1, 0.15) is 85.0 Å². The van der Waals surface area contributed by atoms with E-state index in [2.05, 4.69) is 39.5 Å². The molecule has 0 aliphatic heterocycles. The van der Waals surface area contributed by atoms with Gasteiger partial charge in [-0.15, -0.1) is 6.58 Å². The van der Waals surface area contributed by atoms with Gasteiger partial charge >= 0.3 is 0 Å². The van der Waals surface area contributed by atoms with Crippen molar-refractivity contribution in [3.05, 3.63) is 24.8 Å². The molecular weight excluding hydrogens is 244 g/mol. The largest absolute Gasteiger partial charge is 0.372 e. The van der Waals surface area contributed by atoms with E-state index in [1.165, 1.54) is 51.4 Å². The first kappa shape index (κ1) is 19.4. The number of hydrogen-bond donors (Lipinski definition) is 0. The highest BCUT2D eigenvalue weighted by molar-refractivity contribution is 4.96. The lowest BCUT2D eigenvalue weighted by Crippen LogP contribution is -2.21. The molecule has 0 aromatic rings. The molecule has 0 aromatic heterocycles. The van der Waals surface area contributed by atoms with Gasteiger partial charge in [0.05, 0.1) is 5.60 Å². The number of ether oxygens (including phenoxy) is 1. The highest BCUT2D eigenvalue weighted by atomic mass is 16.5. The molecule has 0 N–H and O–H groups in total. The number of unbranched alkanes of at least 4 members (excludes halogenated alkanes) is 8. The van der Waals surface area contributed by atoms with Gasteiger partial charge in [-0.05, 0) is 39.5 Å². The molecular formula is C19H36O. The first-order valence-corrected chi connectivity index (χ1v) is 8.55. The first-order chi connectivity index (χ1) is 9.62. The van der Waals surface area contributed by atoms with Crippen LogP contribution in [-0.4, -0.2) is 12.2 Å². The molecule has 0 radical (unpaired) electrons. The fourth-order valence-electron chi connectivity index (χ4n) is 2.19. The minimum absolute atomic E-state index is 0.115. The summed E-state index contributed by atoms with van der Waals surface area (Å²) in [6, 6.07) is 0. The lowest BCUT2D eigenvalue weighted by molar-refractivity contribution is 0.0172. The fraction of sp³-hybridized carbons (Fsp3) is 0.789. The van der Waals surface area contributed by atoms with E-state index in [9.17, 15) is 0 Å². The normalized spacial score (nSPS) is 12.2. The predicted molar refractivity (Wildman–Crippen MR) is 91.2 cm³/mol. The third-order valence-electron chi connectivity index (χ3n) is 3.52. The van der Waals surface area contributed by atoms with Gasteiger partial charge in [-0.1, -0.05) is 63.7 Å². The Morgan fingerprint density at radius 2 is 1.55 bits per heavy atom. The Bertz CT molecular complexity index is 240. The van der Waals surface area contributed by atoms with Gasteiger partial charge in [-0.3, -0.25) is 0 Å². The van der Waals surface area contributed by atoms with E-state index in [1.807, 2.05) is 6.08 Å². The number of rotatable bonds is 14. The molecule has 0 fully saturated rings. The van der Waals surface area contributed by atoms with Crippen molar-refractivity contribution in [2.24, 2.45) is 0 Å². The molecule has 0 aliphatic carbocycles. The molecule has 0 saturated heterocycles. The molecule has 0 bridgehead atoms. The van der Waals surface area contributed by atoms with Crippen molar-refractivity contribution in [3.63, 3.8) is 0 Å². The highest BCUT2D eigenvalue weighted by Crippen LogP contribution is 2.14. The van der Waals surface area contributed by atoms with E-state index in [1.54, 1.807) is 0 Å². The summed E-state index contributed by atoms with van der Waals surface area (Å²) in [6.07, 6.45) is 19.2. The summed E-state index contributed by atoms with van der Waals surface area (Å²) in [6.45, 7) is 11.2. The van der Waals surface area contributed by atoms with Crippen molar-refractivity contribution in [1.82, 2.24) is 0 Å². The van der Waals surface area contributed by atoms with Crippen LogP contribution in [0.3, 0.4) is 0 Å². The Morgan fingerprint density at radius 1 is 0.900 bits per heavy atom. The number of allylic oxidation sites excluding steroid dienone is 2. The van der Waals surface area contributed by atoms with Crippen LogP contribution in [0.15, 0.2) is 24.8 Å². The summed E-state index contributed by atoms with van der Waals surface area (Å²) in [7, 11) is 0. The monoisotopic (exact) mass is 280 g/mol. The van der Waals surface area contributed by atoms with Crippen LogP contribution in [0.25, 0.3) is 0 Å². The minimum atomic E-state index is -0.115. The van der Waals surface area contributed by atoms with Crippen molar-refractivity contribution >= 4 is 0 Å². The average molecular weight is 280 g/mol. The Balaban J connectivity index is 3.49. The van der Waals surface area contributed by atoms with E-state index in [0.717, 1.165) is 19.4 Å². The molecule has 0 unspecified atom stereocenters. The summed E-state index contributed by atoms with van der Waals surface area (Å²) < 4.78 is 5.96. The lowest BCUT2D eigenvalue weighted by Gasteiger charge is -2.21. The van der Waals surface area contributed by atoms with E-state index in [0.29, 0.717) is 0 Å². The fourth-order valence-corrected chi connectivity index (χ4v) is 2.19. The highest BCUT2D eigenvalue weighted by Gasteiger charge is 2.12. The van der Waals surface area contributed by atoms with Crippen LogP contribution in [0.4, 0.5) is 0 Å². The molecule has 1 nitrogen and oxygen atoms in total. The van der Waals surface area contributed by atoms with Crippen LogP contribution in [0, 0.1) is 0 Å². The van der Waals surface area contributed by atoms with Crippen LogP contribution >= 0.6 is 0 Å². The zero-order valence-electron chi connectivity index (χ0n) is 14.1. The lowest BCUT2D eigenvalue weighted by atomic mass is 10.1. The molecule has 118 valence electrons. The van der Waals surface area contributed by atoms with Gasteiger partial charge in [0.1, 0.15) is 0 Å². The van der Waals surface area contributed by atoms with Crippen molar-refractivity contribution in [1.29, 1.82) is 0 Å². The predicted octanol–water partition coefficient (Wildman–Crippen LogP) is 6.44. The zero-order valence-corrected chi connectivity index (χ0v) is 14.1. The van der Waals surface area contributed by atoms with Gasteiger partial charge in [-0.2, -0.15) is 0 Å². The second kappa shape index (κ2) is 13.4. The summed E-state index contributed by atoms with van der Waals surface area (Å²) in [5, 5.41) is 0. The molecule has 20 heavy (non-hydrogen) atoms. The molecule has 0 aromatic carbocycles. The summed E-state index contributed by atoms with van der Waals surface area (Å²) in [5.41, 5.74) is -0.115. The van der Waals surface area contributed by atoms with E-state index in [4.69, 9.17) is 4.74 Å². The molecule has 0 heterocycles. The van der Waals surface area contributed by atoms with Crippen LogP contribution in [0.2, 0.25) is 0 Å². The van der Waals surface area contributed by atoms with Gasteiger partial charge in [-0.25, -0.2) is 0 Å². The molecule has 0 amide bonds. The second-order valence-corrected chi connectivity index (χ2v) is 6.20. The third-order valence-corrected chi connectivity index (χ3v) is 3.52. The zero-order chi connectivity index (χ0) is 15.1. The maximum Gasteiger partial charge on any atom is 0.0806 e. The Kier molecular flexibility index (Phi) is 13.0. The Morgan fingerprint density at radius 3 is 2.20 bits per heavy atom. The maximum atomic E-state index is 5.96. The van der Waals surface area contributed by atoms with Gasteiger partial charge in [0.25, 0.3) is 0 Å². The molecule has 0 saturated carbocycles. The molecule has 0 atom stereocenters. The van der Waals surface area contributed by atoms with Crippen LogP contribution in [-0.2, 0) is 4.74 Å².